The maximum atomic E-state index is 5.50. The molecule has 0 aliphatic rings. The summed E-state index contributed by atoms with van der Waals surface area (Å²) in [6.07, 6.45) is 3.86. The van der Waals surface area contributed by atoms with E-state index in [4.69, 9.17) is 14.6 Å². The summed E-state index contributed by atoms with van der Waals surface area (Å²) in [5.74, 6) is 1.59. The summed E-state index contributed by atoms with van der Waals surface area (Å²) in [4.78, 5) is 4.66. The summed E-state index contributed by atoms with van der Waals surface area (Å²) in [7, 11) is 3.34. The van der Waals surface area contributed by atoms with Gasteiger partial charge in [0.1, 0.15) is 17.0 Å². The molecular formula is C21H21N3O2. The van der Waals surface area contributed by atoms with Gasteiger partial charge in [-0.1, -0.05) is 25.5 Å². The van der Waals surface area contributed by atoms with Crippen molar-refractivity contribution in [3.63, 3.8) is 0 Å². The lowest BCUT2D eigenvalue weighted by molar-refractivity contribution is 0.414. The molecule has 0 fully saturated rings. The fourth-order valence-electron chi connectivity index (χ4n) is 3.34. The molecule has 0 aliphatic heterocycles. The number of methoxy groups -OCH3 is 2. The Morgan fingerprint density at radius 3 is 2.46 bits per heavy atom. The number of hydrogen-bond acceptors (Lipinski definition) is 4. The van der Waals surface area contributed by atoms with E-state index in [2.05, 4.69) is 18.0 Å². The van der Waals surface area contributed by atoms with Crippen LogP contribution in [0.15, 0.2) is 48.7 Å². The van der Waals surface area contributed by atoms with E-state index in [1.165, 1.54) is 0 Å². The first-order valence-electron chi connectivity index (χ1n) is 8.74. The van der Waals surface area contributed by atoms with Crippen molar-refractivity contribution in [1.82, 2.24) is 14.8 Å². The van der Waals surface area contributed by atoms with Crippen LogP contribution in [0.4, 0.5) is 0 Å². The molecule has 2 aromatic carbocycles. The van der Waals surface area contributed by atoms with Crippen molar-refractivity contribution in [3.05, 3.63) is 54.4 Å². The van der Waals surface area contributed by atoms with Crippen LogP contribution < -0.4 is 9.47 Å². The average Bonchev–Trinajstić information content (AvgIpc) is 3.07. The van der Waals surface area contributed by atoms with Crippen molar-refractivity contribution in [1.29, 1.82) is 0 Å². The molecule has 0 amide bonds. The molecule has 0 N–H and O–H groups in total. The van der Waals surface area contributed by atoms with Crippen LogP contribution in [0.2, 0.25) is 0 Å². The third-order valence-electron chi connectivity index (χ3n) is 4.60. The highest BCUT2D eigenvalue weighted by Crippen LogP contribution is 2.33. The number of para-hydroxylation sites is 1. The Balaban J connectivity index is 2.05. The quantitative estimate of drug-likeness (QED) is 0.532. The number of ether oxygens (including phenoxy) is 2. The van der Waals surface area contributed by atoms with E-state index in [0.29, 0.717) is 0 Å². The molecule has 0 atom stereocenters. The van der Waals surface area contributed by atoms with E-state index in [9.17, 15) is 0 Å². The van der Waals surface area contributed by atoms with E-state index >= 15 is 0 Å². The SMILES string of the molecule is CCCc1nn(-c2ccc(OC)cc2)c2c1cnc1c(OC)cccc12. The molecular weight excluding hydrogens is 326 g/mol. The monoisotopic (exact) mass is 347 g/mol. The Morgan fingerprint density at radius 1 is 0.962 bits per heavy atom. The van der Waals surface area contributed by atoms with Gasteiger partial charge in [-0.15, -0.1) is 0 Å². The normalized spacial score (nSPS) is 11.2. The Morgan fingerprint density at radius 2 is 1.77 bits per heavy atom. The molecule has 0 radical (unpaired) electrons. The summed E-state index contributed by atoms with van der Waals surface area (Å²) in [6, 6.07) is 13.9. The van der Waals surface area contributed by atoms with Crippen LogP contribution in [0.3, 0.4) is 0 Å². The van der Waals surface area contributed by atoms with Crippen molar-refractivity contribution in [3.8, 4) is 17.2 Å². The lowest BCUT2D eigenvalue weighted by atomic mass is 10.1. The molecule has 0 unspecified atom stereocenters. The highest BCUT2D eigenvalue weighted by atomic mass is 16.5. The van der Waals surface area contributed by atoms with Crippen LogP contribution in [-0.2, 0) is 6.42 Å². The summed E-state index contributed by atoms with van der Waals surface area (Å²) in [6.45, 7) is 2.16. The number of aromatic nitrogens is 3. The maximum Gasteiger partial charge on any atom is 0.145 e. The Bertz CT molecular complexity index is 1070. The molecule has 4 aromatic rings. The number of aryl methyl sites for hydroxylation is 1. The second kappa shape index (κ2) is 6.67. The van der Waals surface area contributed by atoms with E-state index in [0.717, 1.165) is 57.5 Å². The van der Waals surface area contributed by atoms with E-state index in [1.807, 2.05) is 47.3 Å². The first-order valence-corrected chi connectivity index (χ1v) is 8.74. The second-order valence-electron chi connectivity index (χ2n) is 6.18. The minimum Gasteiger partial charge on any atom is -0.497 e. The lowest BCUT2D eigenvalue weighted by Gasteiger charge is -2.09. The van der Waals surface area contributed by atoms with E-state index < -0.39 is 0 Å². The molecule has 0 saturated carbocycles. The summed E-state index contributed by atoms with van der Waals surface area (Å²) < 4.78 is 12.8. The highest BCUT2D eigenvalue weighted by molar-refractivity contribution is 6.06. The lowest BCUT2D eigenvalue weighted by Crippen LogP contribution is -1.98. The van der Waals surface area contributed by atoms with Crippen LogP contribution in [0, 0.1) is 0 Å². The molecule has 26 heavy (non-hydrogen) atoms. The van der Waals surface area contributed by atoms with Crippen LogP contribution in [0.5, 0.6) is 11.5 Å². The van der Waals surface area contributed by atoms with Gasteiger partial charge in [0.25, 0.3) is 0 Å². The van der Waals surface area contributed by atoms with Gasteiger partial charge in [-0.05, 0) is 36.8 Å². The standard InChI is InChI=1S/C21H21N3O2/c1-4-6-18-17-13-22-20-16(7-5-8-19(20)26-3)21(17)24(23-18)14-9-11-15(25-2)12-10-14/h5,7-13H,4,6H2,1-3H3. The molecule has 0 bridgehead atoms. The average molecular weight is 347 g/mol. The zero-order valence-corrected chi connectivity index (χ0v) is 15.2. The topological polar surface area (TPSA) is 49.2 Å². The van der Waals surface area contributed by atoms with Gasteiger partial charge in [0.2, 0.25) is 0 Å². The van der Waals surface area contributed by atoms with Crippen molar-refractivity contribution < 1.29 is 9.47 Å². The zero-order chi connectivity index (χ0) is 18.1. The molecule has 0 saturated heterocycles. The highest BCUT2D eigenvalue weighted by Gasteiger charge is 2.16. The van der Waals surface area contributed by atoms with Gasteiger partial charge in [-0.3, -0.25) is 4.98 Å². The molecule has 5 nitrogen and oxygen atoms in total. The van der Waals surface area contributed by atoms with Gasteiger partial charge in [0.15, 0.2) is 0 Å². The molecule has 2 heterocycles. The van der Waals surface area contributed by atoms with Gasteiger partial charge >= 0.3 is 0 Å². The number of fused-ring (bicyclic) bond motifs is 3. The minimum absolute atomic E-state index is 0.768. The van der Waals surface area contributed by atoms with Crippen molar-refractivity contribution >= 4 is 21.8 Å². The van der Waals surface area contributed by atoms with Crippen LogP contribution >= 0.6 is 0 Å². The third kappa shape index (κ3) is 2.56. The first kappa shape index (κ1) is 16.4. The molecule has 0 spiro atoms. The van der Waals surface area contributed by atoms with E-state index in [-0.39, 0.29) is 0 Å². The Hall–Kier alpha value is -3.08. The number of benzene rings is 2. The maximum absolute atomic E-state index is 5.50. The van der Waals surface area contributed by atoms with E-state index in [1.54, 1.807) is 14.2 Å². The number of pyridine rings is 1. The second-order valence-corrected chi connectivity index (χ2v) is 6.18. The number of rotatable bonds is 5. The van der Waals surface area contributed by atoms with Crippen molar-refractivity contribution in [2.75, 3.05) is 14.2 Å². The molecule has 4 rings (SSSR count). The molecule has 2 aromatic heterocycles. The summed E-state index contributed by atoms with van der Waals surface area (Å²) in [5, 5.41) is 7.03. The first-order chi connectivity index (χ1) is 12.8. The summed E-state index contributed by atoms with van der Waals surface area (Å²) >= 11 is 0. The molecule has 132 valence electrons. The largest absolute Gasteiger partial charge is 0.497 e. The van der Waals surface area contributed by atoms with Crippen molar-refractivity contribution in [2.45, 2.75) is 19.8 Å². The molecule has 0 aliphatic carbocycles. The zero-order valence-electron chi connectivity index (χ0n) is 15.2. The fraction of sp³-hybridized carbons (Fsp3) is 0.238. The summed E-state index contributed by atoms with van der Waals surface area (Å²) in [5.41, 5.74) is 3.96. The number of nitrogens with zero attached hydrogens (tertiary/aromatic N) is 3. The predicted octanol–water partition coefficient (Wildman–Crippen LogP) is 4.54. The van der Waals surface area contributed by atoms with Gasteiger partial charge in [0.05, 0.1) is 31.1 Å². The van der Waals surface area contributed by atoms with Crippen molar-refractivity contribution in [2.24, 2.45) is 0 Å². The smallest absolute Gasteiger partial charge is 0.145 e. The fourth-order valence-corrected chi connectivity index (χ4v) is 3.34. The van der Waals surface area contributed by atoms with Crippen LogP contribution in [-0.4, -0.2) is 29.0 Å². The molecule has 5 heteroatoms. The minimum atomic E-state index is 0.768. The van der Waals surface area contributed by atoms with Gasteiger partial charge in [0, 0.05) is 17.0 Å². The van der Waals surface area contributed by atoms with Gasteiger partial charge in [-0.2, -0.15) is 5.10 Å². The predicted molar refractivity (Wildman–Crippen MR) is 103 cm³/mol. The van der Waals surface area contributed by atoms with Gasteiger partial charge in [-0.25, -0.2) is 4.68 Å². The third-order valence-corrected chi connectivity index (χ3v) is 4.60. The van der Waals surface area contributed by atoms with Gasteiger partial charge < -0.3 is 9.47 Å². The van der Waals surface area contributed by atoms with Crippen LogP contribution in [0.25, 0.3) is 27.5 Å². The number of hydrogen-bond donors (Lipinski definition) is 0. The van der Waals surface area contributed by atoms with Crippen LogP contribution in [0.1, 0.15) is 19.0 Å². The Labute approximate surface area is 152 Å². The Kier molecular flexibility index (Phi) is 4.21.